The van der Waals surface area contributed by atoms with Crippen LogP contribution in [-0.2, 0) is 4.79 Å². The van der Waals surface area contributed by atoms with Crippen LogP contribution in [0.15, 0.2) is 30.6 Å². The number of fused-ring (bicyclic) bond motifs is 1. The fraction of sp³-hybridized carbons (Fsp3) is 0.438. The molecule has 1 heterocycles. The van der Waals surface area contributed by atoms with E-state index in [1.165, 1.54) is 6.42 Å². The summed E-state index contributed by atoms with van der Waals surface area (Å²) in [4.78, 5) is 20.9. The predicted octanol–water partition coefficient (Wildman–Crippen LogP) is 2.48. The summed E-state index contributed by atoms with van der Waals surface area (Å²) in [6.07, 6.45) is 8.48. The summed E-state index contributed by atoms with van der Waals surface area (Å²) >= 11 is 0. The lowest BCUT2D eigenvalue weighted by Crippen LogP contribution is -2.37. The molecule has 1 saturated carbocycles. The Bertz CT molecular complexity index is 643. The molecule has 3 rings (SSSR count). The van der Waals surface area contributed by atoms with Gasteiger partial charge in [0.15, 0.2) is 0 Å². The highest BCUT2D eigenvalue weighted by Crippen LogP contribution is 2.24. The maximum absolute atomic E-state index is 12.4. The number of amides is 1. The van der Waals surface area contributed by atoms with Gasteiger partial charge in [0.05, 0.1) is 17.0 Å². The third-order valence-corrected chi connectivity index (χ3v) is 4.14. The number of aromatic nitrogens is 2. The van der Waals surface area contributed by atoms with Crippen LogP contribution in [0.25, 0.3) is 11.0 Å². The summed E-state index contributed by atoms with van der Waals surface area (Å²) in [5, 5.41) is 2.98. The fourth-order valence-corrected chi connectivity index (χ4v) is 2.94. The molecule has 1 aromatic heterocycles. The lowest BCUT2D eigenvalue weighted by molar-refractivity contribution is -0.120. The van der Waals surface area contributed by atoms with Crippen LogP contribution in [0.1, 0.15) is 32.1 Å². The minimum absolute atomic E-state index is 0.0210. The monoisotopic (exact) mass is 284 g/mol. The molecule has 5 nitrogen and oxygen atoms in total. The van der Waals surface area contributed by atoms with Crippen LogP contribution in [0.2, 0.25) is 0 Å². The van der Waals surface area contributed by atoms with Crippen LogP contribution < -0.4 is 11.1 Å². The van der Waals surface area contributed by atoms with E-state index in [0.717, 1.165) is 42.4 Å². The van der Waals surface area contributed by atoms with E-state index in [1.807, 2.05) is 18.2 Å². The van der Waals surface area contributed by atoms with Gasteiger partial charge < -0.3 is 11.1 Å². The average Bonchev–Trinajstić information content (AvgIpc) is 2.71. The van der Waals surface area contributed by atoms with Gasteiger partial charge >= 0.3 is 0 Å². The van der Waals surface area contributed by atoms with Gasteiger partial charge in [0, 0.05) is 24.1 Å². The van der Waals surface area contributed by atoms with Gasteiger partial charge in [-0.15, -0.1) is 0 Å². The highest BCUT2D eigenvalue weighted by atomic mass is 16.1. The van der Waals surface area contributed by atoms with Crippen LogP contribution >= 0.6 is 0 Å². The van der Waals surface area contributed by atoms with Gasteiger partial charge in [0.1, 0.15) is 0 Å². The number of hydrogen-bond acceptors (Lipinski definition) is 4. The molecule has 0 spiro atoms. The number of anilines is 1. The minimum atomic E-state index is -0.0925. The SMILES string of the molecule is NC1CCCCCC1C(=O)Nc1ccc2nccnc2c1. The number of carbonyl (C=O) groups excluding carboxylic acids is 1. The largest absolute Gasteiger partial charge is 0.327 e. The Morgan fingerprint density at radius 3 is 2.71 bits per heavy atom. The van der Waals surface area contributed by atoms with Gasteiger partial charge in [0.2, 0.25) is 5.91 Å². The molecule has 5 heteroatoms. The van der Waals surface area contributed by atoms with Crippen molar-refractivity contribution in [1.29, 1.82) is 0 Å². The molecule has 2 atom stereocenters. The van der Waals surface area contributed by atoms with E-state index in [9.17, 15) is 4.79 Å². The number of hydrogen-bond donors (Lipinski definition) is 2. The number of rotatable bonds is 2. The number of nitrogens with two attached hydrogens (primary N) is 1. The lowest BCUT2D eigenvalue weighted by atomic mass is 9.94. The molecule has 110 valence electrons. The second kappa shape index (κ2) is 6.18. The minimum Gasteiger partial charge on any atom is -0.327 e. The number of nitrogens with one attached hydrogen (secondary N) is 1. The highest BCUT2D eigenvalue weighted by molar-refractivity contribution is 5.94. The smallest absolute Gasteiger partial charge is 0.229 e. The first-order chi connectivity index (χ1) is 10.2. The zero-order chi connectivity index (χ0) is 14.7. The molecule has 0 bridgehead atoms. The third kappa shape index (κ3) is 3.19. The van der Waals surface area contributed by atoms with Crippen LogP contribution in [-0.4, -0.2) is 21.9 Å². The van der Waals surface area contributed by atoms with Crippen LogP contribution in [0.3, 0.4) is 0 Å². The first-order valence-electron chi connectivity index (χ1n) is 7.51. The van der Waals surface area contributed by atoms with Crippen molar-refractivity contribution in [2.45, 2.75) is 38.1 Å². The Labute approximate surface area is 124 Å². The average molecular weight is 284 g/mol. The zero-order valence-corrected chi connectivity index (χ0v) is 12.0. The molecular weight excluding hydrogens is 264 g/mol. The molecule has 0 saturated heterocycles. The summed E-state index contributed by atoms with van der Waals surface area (Å²) < 4.78 is 0. The Morgan fingerprint density at radius 1 is 1.10 bits per heavy atom. The van der Waals surface area contributed by atoms with Crippen molar-refractivity contribution in [3.8, 4) is 0 Å². The zero-order valence-electron chi connectivity index (χ0n) is 12.0. The topological polar surface area (TPSA) is 80.9 Å². The quantitative estimate of drug-likeness (QED) is 0.830. The normalized spacial score (nSPS) is 22.7. The van der Waals surface area contributed by atoms with Crippen LogP contribution in [0.5, 0.6) is 0 Å². The second-order valence-electron chi connectivity index (χ2n) is 5.66. The number of nitrogens with zero attached hydrogens (tertiary/aromatic N) is 2. The van der Waals surface area contributed by atoms with Gasteiger partial charge in [-0.3, -0.25) is 14.8 Å². The molecular formula is C16H20N4O. The molecule has 21 heavy (non-hydrogen) atoms. The Kier molecular flexibility index (Phi) is 4.10. The molecule has 1 aliphatic carbocycles. The number of carbonyl (C=O) groups is 1. The van der Waals surface area contributed by atoms with Crippen molar-refractivity contribution in [2.24, 2.45) is 11.7 Å². The fourth-order valence-electron chi connectivity index (χ4n) is 2.94. The Morgan fingerprint density at radius 2 is 1.86 bits per heavy atom. The molecule has 2 aromatic rings. The van der Waals surface area contributed by atoms with E-state index >= 15 is 0 Å². The predicted molar refractivity (Wildman–Crippen MR) is 82.7 cm³/mol. The van der Waals surface area contributed by atoms with Crippen LogP contribution in [0, 0.1) is 5.92 Å². The van der Waals surface area contributed by atoms with Gasteiger partial charge in [-0.2, -0.15) is 0 Å². The van der Waals surface area contributed by atoms with Crippen molar-refractivity contribution in [3.05, 3.63) is 30.6 Å². The van der Waals surface area contributed by atoms with Crippen LogP contribution in [0.4, 0.5) is 5.69 Å². The van der Waals surface area contributed by atoms with E-state index in [4.69, 9.17) is 5.73 Å². The standard InChI is InChI=1S/C16H20N4O/c17-13-5-3-1-2-4-12(13)16(21)20-11-6-7-14-15(10-11)19-9-8-18-14/h6-10,12-13H,1-5,17H2,(H,20,21). The van der Waals surface area contributed by atoms with Gasteiger partial charge in [-0.05, 0) is 31.0 Å². The maximum atomic E-state index is 12.4. The molecule has 1 aliphatic rings. The first-order valence-corrected chi connectivity index (χ1v) is 7.51. The van der Waals surface area contributed by atoms with Gasteiger partial charge in [-0.25, -0.2) is 0 Å². The summed E-state index contributed by atoms with van der Waals surface area (Å²) in [5.74, 6) is -0.0716. The second-order valence-corrected chi connectivity index (χ2v) is 5.66. The van der Waals surface area contributed by atoms with Crippen molar-refractivity contribution in [1.82, 2.24) is 9.97 Å². The third-order valence-electron chi connectivity index (χ3n) is 4.14. The van der Waals surface area contributed by atoms with E-state index < -0.39 is 0 Å². The highest BCUT2D eigenvalue weighted by Gasteiger charge is 2.27. The van der Waals surface area contributed by atoms with Crippen molar-refractivity contribution < 1.29 is 4.79 Å². The first kappa shape index (κ1) is 13.9. The van der Waals surface area contributed by atoms with E-state index in [0.29, 0.717) is 0 Å². The van der Waals surface area contributed by atoms with Crippen molar-refractivity contribution in [3.63, 3.8) is 0 Å². The molecule has 1 amide bonds. The van der Waals surface area contributed by atoms with Crippen molar-refractivity contribution >= 4 is 22.6 Å². The summed E-state index contributed by atoms with van der Waals surface area (Å²) in [6, 6.07) is 5.54. The van der Waals surface area contributed by atoms with E-state index in [1.54, 1.807) is 12.4 Å². The van der Waals surface area contributed by atoms with E-state index in [2.05, 4.69) is 15.3 Å². The molecule has 2 unspecified atom stereocenters. The Hall–Kier alpha value is -2.01. The molecule has 0 radical (unpaired) electrons. The van der Waals surface area contributed by atoms with Crippen molar-refractivity contribution in [2.75, 3.05) is 5.32 Å². The Balaban J connectivity index is 1.75. The number of benzene rings is 1. The molecule has 3 N–H and O–H groups in total. The van der Waals surface area contributed by atoms with Gasteiger partial charge in [0.25, 0.3) is 0 Å². The summed E-state index contributed by atoms with van der Waals surface area (Å²) in [7, 11) is 0. The molecule has 1 fully saturated rings. The maximum Gasteiger partial charge on any atom is 0.229 e. The molecule has 1 aromatic carbocycles. The summed E-state index contributed by atoms with van der Waals surface area (Å²) in [6.45, 7) is 0. The lowest BCUT2D eigenvalue weighted by Gasteiger charge is -2.20. The van der Waals surface area contributed by atoms with Gasteiger partial charge in [-0.1, -0.05) is 19.3 Å². The molecule has 0 aliphatic heterocycles. The summed E-state index contributed by atoms with van der Waals surface area (Å²) in [5.41, 5.74) is 8.49. The van der Waals surface area contributed by atoms with E-state index in [-0.39, 0.29) is 17.9 Å².